The number of benzene rings is 8. The molecule has 0 saturated heterocycles. The van der Waals surface area contributed by atoms with Crippen molar-refractivity contribution < 1.29 is 4.42 Å². The van der Waals surface area contributed by atoms with E-state index in [9.17, 15) is 0 Å². The van der Waals surface area contributed by atoms with Crippen molar-refractivity contribution in [3.8, 4) is 45.3 Å². The van der Waals surface area contributed by atoms with Gasteiger partial charge in [-0.15, -0.1) is 0 Å². The third kappa shape index (κ3) is 4.12. The number of aromatic nitrogens is 3. The van der Waals surface area contributed by atoms with Crippen molar-refractivity contribution in [3.63, 3.8) is 0 Å². The number of nitrogens with zero attached hydrogens (tertiary/aromatic N) is 3. The first-order chi connectivity index (χ1) is 25.5. The molecule has 0 fully saturated rings. The van der Waals surface area contributed by atoms with Crippen LogP contribution in [-0.2, 0) is 5.41 Å². The highest BCUT2D eigenvalue weighted by molar-refractivity contribution is 6.22. The number of hydrogen-bond donors (Lipinski definition) is 0. The predicted octanol–water partition coefficient (Wildman–Crippen LogP) is 12.5. The zero-order chi connectivity index (χ0) is 34.6. The second-order valence-corrected chi connectivity index (χ2v) is 14.4. The zero-order valence-electron chi connectivity index (χ0n) is 28.7. The van der Waals surface area contributed by atoms with E-state index in [1.54, 1.807) is 0 Å². The average Bonchev–Trinajstić information content (AvgIpc) is 3.69. The van der Waals surface area contributed by atoms with Crippen LogP contribution in [0.1, 0.15) is 25.0 Å². The third-order valence-electron chi connectivity index (χ3n) is 11.1. The maximum absolute atomic E-state index is 6.24. The molecule has 0 spiro atoms. The predicted molar refractivity (Wildman–Crippen MR) is 213 cm³/mol. The van der Waals surface area contributed by atoms with Crippen molar-refractivity contribution in [2.45, 2.75) is 19.3 Å². The number of fused-ring (bicyclic) bond motifs is 12. The molecular weight excluding hydrogens is 635 g/mol. The summed E-state index contributed by atoms with van der Waals surface area (Å²) in [5.74, 6) is 1.88. The second kappa shape index (κ2) is 10.7. The zero-order valence-corrected chi connectivity index (χ0v) is 28.7. The van der Waals surface area contributed by atoms with Crippen molar-refractivity contribution >= 4 is 54.3 Å². The van der Waals surface area contributed by atoms with Gasteiger partial charge in [0.1, 0.15) is 11.2 Å². The fourth-order valence-electron chi connectivity index (χ4n) is 8.71. The summed E-state index contributed by atoms with van der Waals surface area (Å²) in [4.78, 5) is 15.3. The first-order valence-electron chi connectivity index (χ1n) is 17.8. The lowest BCUT2D eigenvalue weighted by molar-refractivity contribution is 0.666. The highest BCUT2D eigenvalue weighted by atomic mass is 16.3. The smallest absolute Gasteiger partial charge is 0.164 e. The van der Waals surface area contributed by atoms with Gasteiger partial charge in [-0.3, -0.25) is 0 Å². The van der Waals surface area contributed by atoms with E-state index < -0.39 is 0 Å². The van der Waals surface area contributed by atoms with Crippen LogP contribution in [0.15, 0.2) is 156 Å². The fraction of sp³-hybridized carbons (Fsp3) is 0.0625. The Hall–Kier alpha value is -6.65. The molecule has 0 N–H and O–H groups in total. The molecule has 4 nitrogen and oxygen atoms in total. The van der Waals surface area contributed by atoms with Gasteiger partial charge in [0.2, 0.25) is 0 Å². The van der Waals surface area contributed by atoms with Gasteiger partial charge in [0.05, 0.1) is 0 Å². The van der Waals surface area contributed by atoms with E-state index in [0.29, 0.717) is 17.5 Å². The average molecular weight is 666 g/mol. The Kier molecular flexibility index (Phi) is 5.98. The molecule has 0 amide bonds. The monoisotopic (exact) mass is 665 g/mol. The maximum atomic E-state index is 6.24. The molecule has 0 saturated carbocycles. The first-order valence-corrected chi connectivity index (χ1v) is 17.8. The molecule has 0 atom stereocenters. The minimum atomic E-state index is -0.0865. The Balaban J connectivity index is 1.12. The Bertz CT molecular complexity index is 3100. The van der Waals surface area contributed by atoms with Crippen LogP contribution in [0.2, 0.25) is 0 Å². The summed E-state index contributed by atoms with van der Waals surface area (Å²) in [6.45, 7) is 4.72. The van der Waals surface area contributed by atoms with E-state index in [-0.39, 0.29) is 5.41 Å². The van der Waals surface area contributed by atoms with Crippen LogP contribution >= 0.6 is 0 Å². The normalized spacial score (nSPS) is 13.3. The second-order valence-electron chi connectivity index (χ2n) is 14.4. The van der Waals surface area contributed by atoms with Gasteiger partial charge in [0.15, 0.2) is 17.5 Å². The topological polar surface area (TPSA) is 51.8 Å². The van der Waals surface area contributed by atoms with E-state index in [1.165, 1.54) is 49.2 Å². The van der Waals surface area contributed by atoms with Gasteiger partial charge in [0, 0.05) is 32.9 Å². The molecular formula is C48H31N3O. The maximum Gasteiger partial charge on any atom is 0.164 e. The van der Waals surface area contributed by atoms with Crippen LogP contribution in [0.5, 0.6) is 0 Å². The molecule has 0 aliphatic heterocycles. The molecule has 4 heteroatoms. The quantitative estimate of drug-likeness (QED) is 0.176. The summed E-state index contributed by atoms with van der Waals surface area (Å²) < 4.78 is 6.24. The van der Waals surface area contributed by atoms with Crippen molar-refractivity contribution in [2.24, 2.45) is 0 Å². The molecule has 1 aliphatic rings. The van der Waals surface area contributed by atoms with Gasteiger partial charge in [-0.05, 0) is 72.8 Å². The lowest BCUT2D eigenvalue weighted by Crippen LogP contribution is -2.15. The van der Waals surface area contributed by atoms with Crippen LogP contribution < -0.4 is 0 Å². The van der Waals surface area contributed by atoms with Gasteiger partial charge in [-0.25, -0.2) is 15.0 Å². The van der Waals surface area contributed by atoms with E-state index in [1.807, 2.05) is 60.7 Å². The molecule has 244 valence electrons. The molecule has 0 unspecified atom stereocenters. The summed E-state index contributed by atoms with van der Waals surface area (Å²) in [6, 6.07) is 53.6. The van der Waals surface area contributed by atoms with Crippen LogP contribution in [0.25, 0.3) is 99.5 Å². The number of hydrogen-bond acceptors (Lipinski definition) is 4. The Labute approximate surface area is 300 Å². The van der Waals surface area contributed by atoms with E-state index in [0.717, 1.165) is 44.0 Å². The largest absolute Gasteiger partial charge is 0.456 e. The molecule has 1 aliphatic carbocycles. The number of para-hydroxylation sites is 1. The van der Waals surface area contributed by atoms with E-state index in [4.69, 9.17) is 19.4 Å². The molecule has 2 heterocycles. The Morgan fingerprint density at radius 2 is 1.10 bits per heavy atom. The molecule has 11 rings (SSSR count). The standard InChI is InChI=1S/C48H31N3O/c1-48(2)39-16-8-6-13-33(39)35-26-25-34-36(44(35)48)24-21-28-19-20-30-27-31(22-23-32(30)42(28)34)46-49-45(29-11-4-3-5-12-29)50-47(51-46)38-15-10-18-41-43(38)37-14-7-9-17-40(37)52-41/h3-27H,1-2H3. The van der Waals surface area contributed by atoms with Crippen LogP contribution in [0.3, 0.4) is 0 Å². The van der Waals surface area contributed by atoms with Crippen molar-refractivity contribution in [2.75, 3.05) is 0 Å². The first kappa shape index (κ1) is 29.1. The Morgan fingerprint density at radius 3 is 2.00 bits per heavy atom. The SMILES string of the molecule is CC1(C)c2ccccc2-c2ccc3c(ccc4ccc5cc(-c6nc(-c7ccccc7)nc(-c7cccc8oc9ccccc9c78)n6)ccc5c43)c21. The molecule has 8 aromatic carbocycles. The highest BCUT2D eigenvalue weighted by Gasteiger charge is 2.36. The van der Waals surface area contributed by atoms with Crippen molar-refractivity contribution in [3.05, 3.63) is 163 Å². The molecule has 0 radical (unpaired) electrons. The lowest BCUT2D eigenvalue weighted by Gasteiger charge is -2.23. The van der Waals surface area contributed by atoms with Crippen molar-refractivity contribution in [1.82, 2.24) is 15.0 Å². The number of rotatable bonds is 3. The van der Waals surface area contributed by atoms with E-state index >= 15 is 0 Å². The lowest BCUT2D eigenvalue weighted by atomic mass is 9.79. The van der Waals surface area contributed by atoms with Crippen LogP contribution in [-0.4, -0.2) is 15.0 Å². The highest BCUT2D eigenvalue weighted by Crippen LogP contribution is 2.52. The van der Waals surface area contributed by atoms with Gasteiger partial charge >= 0.3 is 0 Å². The number of furan rings is 1. The molecule has 52 heavy (non-hydrogen) atoms. The van der Waals surface area contributed by atoms with E-state index in [2.05, 4.69) is 105 Å². The third-order valence-corrected chi connectivity index (χ3v) is 11.1. The minimum absolute atomic E-state index is 0.0865. The molecule has 10 aromatic rings. The summed E-state index contributed by atoms with van der Waals surface area (Å²) in [6.07, 6.45) is 0. The summed E-state index contributed by atoms with van der Waals surface area (Å²) in [5.41, 5.74) is 9.85. The Morgan fingerprint density at radius 1 is 0.423 bits per heavy atom. The van der Waals surface area contributed by atoms with Gasteiger partial charge < -0.3 is 4.42 Å². The summed E-state index contributed by atoms with van der Waals surface area (Å²) >= 11 is 0. The molecule has 2 aromatic heterocycles. The summed E-state index contributed by atoms with van der Waals surface area (Å²) in [5, 5.41) is 9.51. The van der Waals surface area contributed by atoms with Crippen LogP contribution in [0, 0.1) is 0 Å². The molecule has 0 bridgehead atoms. The van der Waals surface area contributed by atoms with Crippen LogP contribution in [0.4, 0.5) is 0 Å². The van der Waals surface area contributed by atoms with Gasteiger partial charge in [-0.1, -0.05) is 147 Å². The summed E-state index contributed by atoms with van der Waals surface area (Å²) in [7, 11) is 0. The van der Waals surface area contributed by atoms with Crippen molar-refractivity contribution in [1.29, 1.82) is 0 Å². The van der Waals surface area contributed by atoms with Gasteiger partial charge in [-0.2, -0.15) is 0 Å². The fourth-order valence-corrected chi connectivity index (χ4v) is 8.71. The van der Waals surface area contributed by atoms with Gasteiger partial charge in [0.25, 0.3) is 0 Å². The minimum Gasteiger partial charge on any atom is -0.456 e.